The predicted molar refractivity (Wildman–Crippen MR) is 151 cm³/mol. The second kappa shape index (κ2) is 11.5. The quantitative estimate of drug-likeness (QED) is 0.175. The molecule has 5 rings (SSSR count). The number of carbonyl (C=O) groups excluding carboxylic acids is 2. The molecule has 4 aromatic rings. The average molecular weight is 640 g/mol. The number of nitrogens with one attached hydrogen (secondary N) is 2. The van der Waals surface area contributed by atoms with Gasteiger partial charge < -0.3 is 20.1 Å². The van der Waals surface area contributed by atoms with Crippen molar-refractivity contribution < 1.29 is 23.8 Å². The molecule has 2 heterocycles. The van der Waals surface area contributed by atoms with E-state index in [-0.39, 0.29) is 19.0 Å². The van der Waals surface area contributed by atoms with E-state index in [1.165, 1.54) is 11.0 Å². The van der Waals surface area contributed by atoms with Crippen LogP contribution in [0.15, 0.2) is 72.8 Å². The number of imide groups is 1. The molecule has 1 unspecified atom stereocenters. The summed E-state index contributed by atoms with van der Waals surface area (Å²) in [6.07, 6.45) is 0.322. The van der Waals surface area contributed by atoms with Crippen LogP contribution in [-0.2, 0) is 11.2 Å². The van der Waals surface area contributed by atoms with Crippen LogP contribution in [0.3, 0.4) is 0 Å². The Labute approximate surface area is 238 Å². The minimum absolute atomic E-state index is 0.110. The molecular formula is C29H26FIN4O4. The maximum Gasteiger partial charge on any atom is 0.325 e. The first-order chi connectivity index (χ1) is 18.9. The number of halogens is 2. The molecule has 0 aliphatic carbocycles. The van der Waals surface area contributed by atoms with Crippen LogP contribution >= 0.6 is 22.6 Å². The molecule has 0 radical (unpaired) electrons. The summed E-state index contributed by atoms with van der Waals surface area (Å²) in [5.41, 5.74) is 2.93. The summed E-state index contributed by atoms with van der Waals surface area (Å²) in [6, 6.07) is 19.1. The van der Waals surface area contributed by atoms with Crippen molar-refractivity contribution in [3.8, 4) is 17.0 Å². The second-order valence-corrected chi connectivity index (χ2v) is 10.4. The monoisotopic (exact) mass is 640 g/mol. The van der Waals surface area contributed by atoms with Crippen molar-refractivity contribution in [3.63, 3.8) is 0 Å². The first-order valence-corrected chi connectivity index (χ1v) is 13.5. The molecule has 1 fully saturated rings. The molecular weight excluding hydrogens is 614 g/mol. The number of aromatic nitrogens is 2. The van der Waals surface area contributed by atoms with Crippen LogP contribution in [0.4, 0.5) is 9.18 Å². The molecule has 1 saturated heterocycles. The number of imidazole rings is 1. The SMILES string of the molecule is Cc1nc(C(Cc2ccccc2)N2C(=O)N[C@H](c3ccc(OCCO)cc3)C2=O)[nH]c1-c1ccc(I)cc1F. The first kappa shape index (κ1) is 26.8. The minimum atomic E-state index is -0.883. The number of aliphatic hydroxyl groups excluding tert-OH is 1. The van der Waals surface area contributed by atoms with Gasteiger partial charge >= 0.3 is 6.03 Å². The smallest absolute Gasteiger partial charge is 0.325 e. The van der Waals surface area contributed by atoms with Crippen LogP contribution < -0.4 is 10.1 Å². The third-order valence-corrected chi connectivity index (χ3v) is 7.22. The highest BCUT2D eigenvalue weighted by atomic mass is 127. The van der Waals surface area contributed by atoms with Gasteiger partial charge in [-0.1, -0.05) is 42.5 Å². The van der Waals surface area contributed by atoms with Gasteiger partial charge in [-0.15, -0.1) is 0 Å². The van der Waals surface area contributed by atoms with E-state index in [4.69, 9.17) is 9.84 Å². The van der Waals surface area contributed by atoms with Gasteiger partial charge in [0.2, 0.25) is 0 Å². The second-order valence-electron chi connectivity index (χ2n) is 9.14. The molecule has 2 atom stereocenters. The topological polar surface area (TPSA) is 108 Å². The summed E-state index contributed by atoms with van der Waals surface area (Å²) in [5.74, 6) is 0.133. The Morgan fingerprint density at radius 2 is 1.85 bits per heavy atom. The molecule has 1 aliphatic heterocycles. The standard InChI is InChI=1S/C29H26FIN4O4/c1-17-25(22-12-9-20(31)16-23(22)30)33-27(32-17)24(15-18-5-3-2-4-6-18)35-28(37)26(34-29(35)38)19-7-10-21(11-8-19)39-14-13-36/h2-12,16,24,26,36H,13-15H2,1H3,(H,32,33)(H,34,38)/t24?,26-/m1/s1. The van der Waals surface area contributed by atoms with Crippen molar-refractivity contribution in [2.45, 2.75) is 25.4 Å². The van der Waals surface area contributed by atoms with Crippen LogP contribution in [0.25, 0.3) is 11.3 Å². The number of amides is 3. The van der Waals surface area contributed by atoms with Crippen molar-refractivity contribution in [2.75, 3.05) is 13.2 Å². The maximum atomic E-state index is 14.8. The number of H-pyrrole nitrogens is 1. The molecule has 0 saturated carbocycles. The predicted octanol–water partition coefficient (Wildman–Crippen LogP) is 5.08. The number of rotatable bonds is 9. The zero-order valence-electron chi connectivity index (χ0n) is 21.0. The summed E-state index contributed by atoms with van der Waals surface area (Å²) in [7, 11) is 0. The number of ether oxygens (including phenoxy) is 1. The summed E-state index contributed by atoms with van der Waals surface area (Å²) in [5, 5.41) is 11.7. The van der Waals surface area contributed by atoms with Crippen LogP contribution in [0, 0.1) is 16.3 Å². The van der Waals surface area contributed by atoms with Gasteiger partial charge in [0.25, 0.3) is 5.91 Å². The van der Waals surface area contributed by atoms with E-state index in [2.05, 4.69) is 37.9 Å². The Balaban J connectivity index is 1.49. The molecule has 0 spiro atoms. The Bertz CT molecular complexity index is 1490. The lowest BCUT2D eigenvalue weighted by molar-refractivity contribution is -0.129. The molecule has 3 N–H and O–H groups in total. The summed E-state index contributed by atoms with van der Waals surface area (Å²) >= 11 is 2.05. The largest absolute Gasteiger partial charge is 0.491 e. The molecule has 3 amide bonds. The third kappa shape index (κ3) is 5.66. The number of hydrogen-bond donors (Lipinski definition) is 3. The van der Waals surface area contributed by atoms with Gasteiger partial charge in [-0.05, 0) is 71.0 Å². The lowest BCUT2D eigenvalue weighted by Gasteiger charge is -2.24. The highest BCUT2D eigenvalue weighted by molar-refractivity contribution is 14.1. The van der Waals surface area contributed by atoms with Gasteiger partial charge in [-0.3, -0.25) is 9.69 Å². The molecule has 1 aliphatic rings. The van der Waals surface area contributed by atoms with Crippen molar-refractivity contribution in [1.29, 1.82) is 0 Å². The number of benzene rings is 3. The molecule has 3 aromatic carbocycles. The fourth-order valence-electron chi connectivity index (χ4n) is 4.68. The van der Waals surface area contributed by atoms with Gasteiger partial charge in [-0.25, -0.2) is 14.2 Å². The number of aryl methyl sites for hydroxylation is 1. The minimum Gasteiger partial charge on any atom is -0.491 e. The van der Waals surface area contributed by atoms with E-state index in [1.807, 2.05) is 36.4 Å². The average Bonchev–Trinajstić information content (AvgIpc) is 3.45. The van der Waals surface area contributed by atoms with Crippen molar-refractivity contribution in [3.05, 3.63) is 105 Å². The van der Waals surface area contributed by atoms with E-state index in [0.717, 1.165) is 9.13 Å². The number of aliphatic hydroxyl groups is 1. The van der Waals surface area contributed by atoms with E-state index >= 15 is 0 Å². The highest BCUT2D eigenvalue weighted by Gasteiger charge is 2.44. The fourth-order valence-corrected chi connectivity index (χ4v) is 5.13. The number of aromatic amines is 1. The van der Waals surface area contributed by atoms with Gasteiger partial charge in [0, 0.05) is 15.6 Å². The molecule has 0 bridgehead atoms. The van der Waals surface area contributed by atoms with E-state index in [0.29, 0.717) is 40.5 Å². The van der Waals surface area contributed by atoms with Crippen LogP contribution in [0.2, 0.25) is 0 Å². The number of carbonyl (C=O) groups is 2. The Hall–Kier alpha value is -3.77. The summed E-state index contributed by atoms with van der Waals surface area (Å²) in [6.45, 7) is 1.81. The highest BCUT2D eigenvalue weighted by Crippen LogP contribution is 2.34. The molecule has 39 heavy (non-hydrogen) atoms. The zero-order chi connectivity index (χ0) is 27.5. The van der Waals surface area contributed by atoms with E-state index < -0.39 is 24.0 Å². The Morgan fingerprint density at radius 1 is 1.10 bits per heavy atom. The maximum absolute atomic E-state index is 14.8. The lowest BCUT2D eigenvalue weighted by atomic mass is 10.0. The van der Waals surface area contributed by atoms with E-state index in [9.17, 15) is 14.0 Å². The summed E-state index contributed by atoms with van der Waals surface area (Å²) in [4.78, 5) is 36.1. The van der Waals surface area contributed by atoms with Gasteiger partial charge in [-0.2, -0.15) is 0 Å². The normalized spacial score (nSPS) is 15.9. The van der Waals surface area contributed by atoms with Crippen LogP contribution in [-0.4, -0.2) is 45.1 Å². The Kier molecular flexibility index (Phi) is 7.94. The van der Waals surface area contributed by atoms with Crippen molar-refractivity contribution in [2.24, 2.45) is 0 Å². The molecule has 8 nitrogen and oxygen atoms in total. The zero-order valence-corrected chi connectivity index (χ0v) is 23.2. The third-order valence-electron chi connectivity index (χ3n) is 6.55. The molecule has 1 aromatic heterocycles. The number of nitrogens with zero attached hydrogens (tertiary/aromatic N) is 2. The molecule has 200 valence electrons. The van der Waals surface area contributed by atoms with Crippen molar-refractivity contribution in [1.82, 2.24) is 20.2 Å². The fraction of sp³-hybridized carbons (Fsp3) is 0.207. The summed E-state index contributed by atoms with van der Waals surface area (Å²) < 4.78 is 21.0. The van der Waals surface area contributed by atoms with Gasteiger partial charge in [0.15, 0.2) is 0 Å². The number of hydrogen-bond acceptors (Lipinski definition) is 5. The number of urea groups is 1. The first-order valence-electron chi connectivity index (χ1n) is 12.4. The Morgan fingerprint density at radius 3 is 2.54 bits per heavy atom. The lowest BCUT2D eigenvalue weighted by Crippen LogP contribution is -2.36. The van der Waals surface area contributed by atoms with Gasteiger partial charge in [0.05, 0.1) is 18.0 Å². The van der Waals surface area contributed by atoms with Crippen LogP contribution in [0.5, 0.6) is 5.75 Å². The van der Waals surface area contributed by atoms with Crippen LogP contribution in [0.1, 0.15) is 34.7 Å². The van der Waals surface area contributed by atoms with Crippen molar-refractivity contribution >= 4 is 34.5 Å². The van der Waals surface area contributed by atoms with Gasteiger partial charge in [0.1, 0.15) is 36.1 Å². The van der Waals surface area contributed by atoms with E-state index in [1.54, 1.807) is 37.3 Å². The molecule has 10 heteroatoms.